The minimum atomic E-state index is -4.12. The van der Waals surface area contributed by atoms with E-state index in [4.69, 9.17) is 0 Å². The highest BCUT2D eigenvalue weighted by Gasteiger charge is 2.49. The molecule has 2 atom stereocenters. The fourth-order valence-electron chi connectivity index (χ4n) is 4.01. The van der Waals surface area contributed by atoms with E-state index in [1.165, 1.54) is 36.4 Å². The van der Waals surface area contributed by atoms with E-state index in [-0.39, 0.29) is 17.9 Å². The molecule has 0 bridgehead atoms. The lowest BCUT2D eigenvalue weighted by Gasteiger charge is -2.36. The Morgan fingerprint density at radius 3 is 2.16 bits per heavy atom. The quantitative estimate of drug-likeness (QED) is 0.550. The maximum atomic E-state index is 13.6. The second kappa shape index (κ2) is 8.67. The number of hydrogen-bond donors (Lipinski definition) is 0. The minimum Gasteiger partial charge on any atom is -0.277 e. The van der Waals surface area contributed by atoms with Gasteiger partial charge in [0.15, 0.2) is 15.1 Å². The van der Waals surface area contributed by atoms with Crippen LogP contribution in [0.4, 0.5) is 4.39 Å². The van der Waals surface area contributed by atoms with Gasteiger partial charge in [0.2, 0.25) is 11.8 Å². The van der Waals surface area contributed by atoms with Crippen LogP contribution in [0.5, 0.6) is 0 Å². The van der Waals surface area contributed by atoms with Gasteiger partial charge in [0.25, 0.3) is 0 Å². The average Bonchev–Trinajstić information content (AvgIpc) is 2.77. The number of rotatable bonds is 5. The van der Waals surface area contributed by atoms with Gasteiger partial charge >= 0.3 is 0 Å². The molecule has 0 aromatic heterocycles. The van der Waals surface area contributed by atoms with Crippen molar-refractivity contribution in [2.45, 2.75) is 36.0 Å². The van der Waals surface area contributed by atoms with Crippen molar-refractivity contribution < 1.29 is 22.4 Å². The van der Waals surface area contributed by atoms with Gasteiger partial charge in [-0.2, -0.15) is 0 Å². The molecule has 0 N–H and O–H groups in total. The van der Waals surface area contributed by atoms with Crippen LogP contribution in [0.2, 0.25) is 0 Å². The molecule has 5 nitrogen and oxygen atoms in total. The predicted octanol–water partition coefficient (Wildman–Crippen LogP) is 4.02. The minimum absolute atomic E-state index is 0.00539. The van der Waals surface area contributed by atoms with Crippen molar-refractivity contribution in [3.05, 3.63) is 101 Å². The summed E-state index contributed by atoms with van der Waals surface area (Å²) >= 11 is 0. The molecule has 1 aliphatic rings. The van der Waals surface area contributed by atoms with Crippen molar-refractivity contribution >= 4 is 21.7 Å². The zero-order chi connectivity index (χ0) is 22.9. The molecule has 0 radical (unpaired) electrons. The summed E-state index contributed by atoms with van der Waals surface area (Å²) in [6, 6.07) is 20.5. The number of hydrogen-bond acceptors (Lipinski definition) is 4. The zero-order valence-electron chi connectivity index (χ0n) is 17.4. The van der Waals surface area contributed by atoms with Crippen LogP contribution in [0.15, 0.2) is 83.8 Å². The van der Waals surface area contributed by atoms with Crippen molar-refractivity contribution in [1.82, 2.24) is 4.90 Å². The number of piperidine rings is 1. The molecule has 1 heterocycles. The van der Waals surface area contributed by atoms with Gasteiger partial charge in [0.1, 0.15) is 5.82 Å². The third-order valence-electron chi connectivity index (χ3n) is 5.74. The number of likely N-dealkylation sites (tertiary alicyclic amines) is 1. The second-order valence-corrected chi connectivity index (χ2v) is 10.0. The number of imide groups is 1. The van der Waals surface area contributed by atoms with Gasteiger partial charge in [-0.15, -0.1) is 0 Å². The molecule has 32 heavy (non-hydrogen) atoms. The van der Waals surface area contributed by atoms with Gasteiger partial charge in [-0.1, -0.05) is 60.2 Å². The largest absolute Gasteiger partial charge is 0.277 e. The van der Waals surface area contributed by atoms with Crippen molar-refractivity contribution in [3.63, 3.8) is 0 Å². The third kappa shape index (κ3) is 4.21. The fraction of sp³-hybridized carbons (Fsp3) is 0.200. The topological polar surface area (TPSA) is 71.5 Å². The molecular weight excluding hydrogens is 429 g/mol. The van der Waals surface area contributed by atoms with Crippen LogP contribution in [0, 0.1) is 12.7 Å². The first kappa shape index (κ1) is 21.9. The predicted molar refractivity (Wildman–Crippen MR) is 118 cm³/mol. The first-order chi connectivity index (χ1) is 15.3. The number of benzene rings is 3. The third-order valence-corrected chi connectivity index (χ3v) is 7.86. The highest BCUT2D eigenvalue weighted by atomic mass is 32.2. The molecule has 0 spiro atoms. The van der Waals surface area contributed by atoms with E-state index in [0.717, 1.165) is 16.0 Å². The summed E-state index contributed by atoms with van der Waals surface area (Å²) in [6.45, 7) is 1.83. The Labute approximate surface area is 186 Å². The summed E-state index contributed by atoms with van der Waals surface area (Å²) in [7, 11) is -4.12. The van der Waals surface area contributed by atoms with Crippen molar-refractivity contribution in [2.75, 3.05) is 0 Å². The molecule has 0 aliphatic carbocycles. The Hall–Kier alpha value is -3.32. The number of carbonyl (C=O) groups is 2. The fourth-order valence-corrected chi connectivity index (χ4v) is 5.90. The van der Waals surface area contributed by atoms with Gasteiger partial charge < -0.3 is 0 Å². The standard InChI is InChI=1S/C25H22FNO4S/c1-17-7-13-21(14-8-17)32(30,31)24-22(19-9-11-20(26)12-10-19)15-23(28)27(25(24)29)16-18-5-3-2-4-6-18/h2-14,22,24H,15-16H2,1H3. The van der Waals surface area contributed by atoms with Crippen LogP contribution in [-0.4, -0.2) is 30.4 Å². The van der Waals surface area contributed by atoms with Crippen LogP contribution in [0.25, 0.3) is 0 Å². The molecule has 164 valence electrons. The molecule has 1 fully saturated rings. The van der Waals surface area contributed by atoms with E-state index in [1.807, 2.05) is 13.0 Å². The normalized spacial score (nSPS) is 19.2. The number of halogens is 1. The molecule has 0 saturated carbocycles. The number of sulfone groups is 1. The van der Waals surface area contributed by atoms with Crippen molar-refractivity contribution in [2.24, 2.45) is 0 Å². The first-order valence-electron chi connectivity index (χ1n) is 10.2. The number of carbonyl (C=O) groups excluding carboxylic acids is 2. The smallest absolute Gasteiger partial charge is 0.248 e. The maximum Gasteiger partial charge on any atom is 0.248 e. The summed E-state index contributed by atoms with van der Waals surface area (Å²) in [5.74, 6) is -2.61. The van der Waals surface area contributed by atoms with E-state index < -0.39 is 38.6 Å². The molecule has 1 saturated heterocycles. The highest BCUT2D eigenvalue weighted by molar-refractivity contribution is 7.92. The first-order valence-corrected chi connectivity index (χ1v) is 11.8. The van der Waals surface area contributed by atoms with E-state index in [0.29, 0.717) is 5.56 Å². The maximum absolute atomic E-state index is 13.6. The summed E-state index contributed by atoms with van der Waals surface area (Å²) in [5, 5.41) is -1.49. The molecular formula is C25H22FNO4S. The van der Waals surface area contributed by atoms with Crippen molar-refractivity contribution in [3.8, 4) is 0 Å². The molecule has 3 aromatic rings. The summed E-state index contributed by atoms with van der Waals surface area (Å²) in [5.41, 5.74) is 2.05. The van der Waals surface area contributed by atoms with E-state index in [9.17, 15) is 22.4 Å². The van der Waals surface area contributed by atoms with Gasteiger partial charge in [0, 0.05) is 12.3 Å². The van der Waals surface area contributed by atoms with E-state index in [1.54, 1.807) is 36.4 Å². The monoisotopic (exact) mass is 451 g/mol. The Kier molecular flexibility index (Phi) is 5.93. The molecule has 3 aromatic carbocycles. The number of nitrogens with zero attached hydrogens (tertiary/aromatic N) is 1. The molecule has 1 aliphatic heterocycles. The lowest BCUT2D eigenvalue weighted by atomic mass is 9.87. The van der Waals surface area contributed by atoms with Gasteiger partial charge in [-0.3, -0.25) is 14.5 Å². The number of aryl methyl sites for hydroxylation is 1. The number of amides is 2. The molecule has 2 unspecified atom stereocenters. The van der Waals surface area contributed by atoms with Crippen LogP contribution in [0.3, 0.4) is 0 Å². The van der Waals surface area contributed by atoms with Crippen molar-refractivity contribution in [1.29, 1.82) is 0 Å². The lowest BCUT2D eigenvalue weighted by molar-refractivity contribution is -0.149. The Balaban J connectivity index is 1.79. The van der Waals surface area contributed by atoms with Gasteiger partial charge in [0.05, 0.1) is 11.4 Å². The Bertz CT molecular complexity index is 1240. The Morgan fingerprint density at radius 1 is 0.906 bits per heavy atom. The van der Waals surface area contributed by atoms with Gasteiger partial charge in [-0.05, 0) is 42.3 Å². The highest BCUT2D eigenvalue weighted by Crippen LogP contribution is 2.37. The summed E-state index contributed by atoms with van der Waals surface area (Å²) < 4.78 is 40.7. The molecule has 7 heteroatoms. The van der Waals surface area contributed by atoms with Crippen LogP contribution in [0.1, 0.15) is 29.0 Å². The average molecular weight is 452 g/mol. The van der Waals surface area contributed by atoms with Gasteiger partial charge in [-0.25, -0.2) is 12.8 Å². The van der Waals surface area contributed by atoms with Crippen LogP contribution >= 0.6 is 0 Å². The second-order valence-electron chi connectivity index (χ2n) is 7.94. The lowest BCUT2D eigenvalue weighted by Crippen LogP contribution is -2.53. The zero-order valence-corrected chi connectivity index (χ0v) is 18.3. The van der Waals surface area contributed by atoms with Crippen LogP contribution in [-0.2, 0) is 26.0 Å². The van der Waals surface area contributed by atoms with E-state index >= 15 is 0 Å². The summed E-state index contributed by atoms with van der Waals surface area (Å²) in [4.78, 5) is 27.5. The SMILES string of the molecule is Cc1ccc(S(=O)(=O)C2C(=O)N(Cc3ccccc3)C(=O)CC2c2ccc(F)cc2)cc1. The summed E-state index contributed by atoms with van der Waals surface area (Å²) in [6.07, 6.45) is -0.167. The molecule has 4 rings (SSSR count). The van der Waals surface area contributed by atoms with Crippen LogP contribution < -0.4 is 0 Å². The van der Waals surface area contributed by atoms with E-state index in [2.05, 4.69) is 0 Å². The Morgan fingerprint density at radius 2 is 1.53 bits per heavy atom. The molecule has 2 amide bonds.